The highest BCUT2D eigenvalue weighted by Gasteiger charge is 2.25. The molecule has 0 aliphatic carbocycles. The van der Waals surface area contributed by atoms with Crippen molar-refractivity contribution in [3.63, 3.8) is 0 Å². The Balaban J connectivity index is 2.25. The molecule has 1 unspecified atom stereocenters. The fourth-order valence-corrected chi connectivity index (χ4v) is 1.62. The van der Waals surface area contributed by atoms with Crippen molar-refractivity contribution in [2.24, 2.45) is 5.92 Å². The topological polar surface area (TPSA) is 61.4 Å². The molecule has 0 aliphatic rings. The van der Waals surface area contributed by atoms with Crippen LogP contribution in [-0.2, 0) is 6.42 Å². The van der Waals surface area contributed by atoms with Crippen LogP contribution in [0.2, 0.25) is 5.02 Å². The number of amides is 2. The predicted octanol–water partition coefficient (Wildman–Crippen LogP) is 2.59. The molecule has 1 aromatic carbocycles. The van der Waals surface area contributed by atoms with Crippen molar-refractivity contribution in [2.75, 3.05) is 13.1 Å². The molecule has 0 saturated carbocycles. The number of urea groups is 1. The molecule has 0 aliphatic heterocycles. The van der Waals surface area contributed by atoms with Gasteiger partial charge in [-0.05, 0) is 37.0 Å². The highest BCUT2D eigenvalue weighted by atomic mass is 35.5. The fraction of sp³-hybridized carbons (Fsp3) is 0.533. The van der Waals surface area contributed by atoms with E-state index in [1.54, 1.807) is 6.92 Å². The molecule has 1 rings (SSSR count). The molecule has 0 spiro atoms. The molecule has 112 valence electrons. The van der Waals surface area contributed by atoms with Gasteiger partial charge in [0.25, 0.3) is 0 Å². The van der Waals surface area contributed by atoms with Crippen LogP contribution in [0.25, 0.3) is 0 Å². The lowest BCUT2D eigenvalue weighted by atomic mass is 9.93. The van der Waals surface area contributed by atoms with Crippen molar-refractivity contribution in [1.82, 2.24) is 10.6 Å². The molecular formula is C15H23ClN2O2. The Morgan fingerprint density at radius 1 is 1.30 bits per heavy atom. The van der Waals surface area contributed by atoms with Gasteiger partial charge in [0, 0.05) is 18.1 Å². The first-order chi connectivity index (χ1) is 9.31. The van der Waals surface area contributed by atoms with Crippen LogP contribution in [0.5, 0.6) is 0 Å². The number of hydrogen-bond donors (Lipinski definition) is 3. The predicted molar refractivity (Wildman–Crippen MR) is 82.0 cm³/mol. The summed E-state index contributed by atoms with van der Waals surface area (Å²) in [6.07, 6.45) is 0.741. The van der Waals surface area contributed by atoms with Crippen LogP contribution < -0.4 is 10.6 Å². The van der Waals surface area contributed by atoms with Gasteiger partial charge in [0.1, 0.15) is 0 Å². The second kappa shape index (κ2) is 7.50. The van der Waals surface area contributed by atoms with Gasteiger partial charge in [-0.3, -0.25) is 0 Å². The van der Waals surface area contributed by atoms with E-state index in [4.69, 9.17) is 11.6 Å². The van der Waals surface area contributed by atoms with Gasteiger partial charge >= 0.3 is 6.03 Å². The molecule has 0 heterocycles. The Morgan fingerprint density at radius 3 is 2.45 bits per heavy atom. The van der Waals surface area contributed by atoms with Crippen molar-refractivity contribution in [2.45, 2.75) is 32.8 Å². The monoisotopic (exact) mass is 298 g/mol. The lowest BCUT2D eigenvalue weighted by molar-refractivity contribution is 0.0166. The minimum absolute atomic E-state index is 0.0804. The maximum atomic E-state index is 11.6. The second-order valence-electron chi connectivity index (χ2n) is 5.50. The van der Waals surface area contributed by atoms with E-state index in [0.717, 1.165) is 12.0 Å². The van der Waals surface area contributed by atoms with E-state index in [2.05, 4.69) is 10.6 Å². The van der Waals surface area contributed by atoms with Crippen LogP contribution in [0.1, 0.15) is 26.3 Å². The number of carbonyl (C=O) groups is 1. The normalized spacial score (nSPS) is 13.9. The van der Waals surface area contributed by atoms with Gasteiger partial charge in [0.15, 0.2) is 0 Å². The number of aliphatic hydroxyl groups is 1. The van der Waals surface area contributed by atoms with Crippen LogP contribution in [0.3, 0.4) is 0 Å². The van der Waals surface area contributed by atoms with Crippen LogP contribution in [-0.4, -0.2) is 29.8 Å². The maximum absolute atomic E-state index is 11.6. The highest BCUT2D eigenvalue weighted by molar-refractivity contribution is 6.30. The lowest BCUT2D eigenvalue weighted by Crippen LogP contribution is -2.47. The molecule has 0 fully saturated rings. The molecule has 20 heavy (non-hydrogen) atoms. The second-order valence-corrected chi connectivity index (χ2v) is 5.93. The van der Waals surface area contributed by atoms with Gasteiger partial charge in [0.05, 0.1) is 5.60 Å². The number of halogens is 1. The number of rotatable bonds is 6. The first-order valence-electron chi connectivity index (χ1n) is 6.80. The van der Waals surface area contributed by atoms with Crippen molar-refractivity contribution in [3.05, 3.63) is 34.9 Å². The molecule has 0 saturated heterocycles. The summed E-state index contributed by atoms with van der Waals surface area (Å²) >= 11 is 5.80. The van der Waals surface area contributed by atoms with Crippen molar-refractivity contribution in [3.8, 4) is 0 Å². The van der Waals surface area contributed by atoms with Gasteiger partial charge in [-0.2, -0.15) is 0 Å². The zero-order chi connectivity index (χ0) is 15.2. The Hall–Kier alpha value is -1.26. The average Bonchev–Trinajstić information content (AvgIpc) is 2.39. The SMILES string of the molecule is CC(C)C(C)(O)CNC(=O)NCCc1ccc(Cl)cc1. The summed E-state index contributed by atoms with van der Waals surface area (Å²) in [4.78, 5) is 11.6. The van der Waals surface area contributed by atoms with Gasteiger partial charge in [-0.1, -0.05) is 37.6 Å². The smallest absolute Gasteiger partial charge is 0.314 e. The summed E-state index contributed by atoms with van der Waals surface area (Å²) in [5.41, 5.74) is 0.219. The van der Waals surface area contributed by atoms with Gasteiger partial charge in [0.2, 0.25) is 0 Å². The van der Waals surface area contributed by atoms with E-state index < -0.39 is 5.60 Å². The van der Waals surface area contributed by atoms with Gasteiger partial charge in [-0.25, -0.2) is 4.79 Å². The quantitative estimate of drug-likeness (QED) is 0.756. The third-order valence-corrected chi connectivity index (χ3v) is 3.72. The molecule has 3 N–H and O–H groups in total. The summed E-state index contributed by atoms with van der Waals surface area (Å²) < 4.78 is 0. The number of hydrogen-bond acceptors (Lipinski definition) is 2. The molecule has 1 aromatic rings. The molecule has 0 bridgehead atoms. The Morgan fingerprint density at radius 2 is 1.90 bits per heavy atom. The minimum atomic E-state index is -0.895. The molecule has 4 nitrogen and oxygen atoms in total. The van der Waals surface area contributed by atoms with Crippen LogP contribution >= 0.6 is 11.6 Å². The number of carbonyl (C=O) groups excluding carboxylic acids is 1. The van der Waals surface area contributed by atoms with Crippen molar-refractivity contribution < 1.29 is 9.90 Å². The first kappa shape index (κ1) is 16.8. The standard InChI is InChI=1S/C15H23ClN2O2/c1-11(2)15(3,20)10-18-14(19)17-9-8-12-4-6-13(16)7-5-12/h4-7,11,20H,8-10H2,1-3H3,(H2,17,18,19). The van der Waals surface area contributed by atoms with Gasteiger partial charge < -0.3 is 15.7 Å². The summed E-state index contributed by atoms with van der Waals surface area (Å²) in [6.45, 7) is 6.32. The minimum Gasteiger partial charge on any atom is -0.388 e. The third-order valence-electron chi connectivity index (χ3n) is 3.46. The fourth-order valence-electron chi connectivity index (χ4n) is 1.50. The van der Waals surface area contributed by atoms with E-state index in [1.807, 2.05) is 38.1 Å². The third kappa shape index (κ3) is 5.80. The molecule has 1 atom stereocenters. The zero-order valence-corrected chi connectivity index (χ0v) is 13.0. The van der Waals surface area contributed by atoms with E-state index in [0.29, 0.717) is 11.6 Å². The van der Waals surface area contributed by atoms with E-state index in [-0.39, 0.29) is 18.5 Å². The van der Waals surface area contributed by atoms with E-state index in [1.165, 1.54) is 0 Å². The highest BCUT2D eigenvalue weighted by Crippen LogP contribution is 2.14. The molecule has 0 aromatic heterocycles. The summed E-state index contributed by atoms with van der Waals surface area (Å²) in [7, 11) is 0. The largest absolute Gasteiger partial charge is 0.388 e. The Kier molecular flexibility index (Phi) is 6.30. The molecular weight excluding hydrogens is 276 g/mol. The van der Waals surface area contributed by atoms with Gasteiger partial charge in [-0.15, -0.1) is 0 Å². The van der Waals surface area contributed by atoms with E-state index >= 15 is 0 Å². The molecule has 0 radical (unpaired) electrons. The number of nitrogens with one attached hydrogen (secondary N) is 2. The van der Waals surface area contributed by atoms with Crippen molar-refractivity contribution in [1.29, 1.82) is 0 Å². The van der Waals surface area contributed by atoms with Crippen molar-refractivity contribution >= 4 is 17.6 Å². The molecule has 2 amide bonds. The summed E-state index contributed by atoms with van der Waals surface area (Å²) in [6, 6.07) is 7.27. The Bertz CT molecular complexity index is 430. The number of benzene rings is 1. The van der Waals surface area contributed by atoms with Crippen LogP contribution in [0.4, 0.5) is 4.79 Å². The van der Waals surface area contributed by atoms with E-state index in [9.17, 15) is 9.90 Å². The maximum Gasteiger partial charge on any atom is 0.314 e. The van der Waals surface area contributed by atoms with Crippen LogP contribution in [0.15, 0.2) is 24.3 Å². The first-order valence-corrected chi connectivity index (χ1v) is 7.17. The summed E-state index contributed by atoms with van der Waals surface area (Å²) in [5.74, 6) is 0.0804. The Labute approximate surface area is 125 Å². The average molecular weight is 299 g/mol. The summed E-state index contributed by atoms with van der Waals surface area (Å²) in [5, 5.41) is 16.2. The lowest BCUT2D eigenvalue weighted by Gasteiger charge is -2.27. The van der Waals surface area contributed by atoms with Crippen LogP contribution in [0, 0.1) is 5.92 Å². The molecule has 5 heteroatoms. The zero-order valence-electron chi connectivity index (χ0n) is 12.2.